The Morgan fingerprint density at radius 1 is 1.38 bits per heavy atom. The average Bonchev–Trinajstić information content (AvgIpc) is 3.33. The third kappa shape index (κ3) is 1.86. The molecule has 0 aromatic heterocycles. The van der Waals surface area contributed by atoms with E-state index >= 15 is 0 Å². The lowest BCUT2D eigenvalue weighted by molar-refractivity contribution is -0.385. The van der Waals surface area contributed by atoms with Crippen LogP contribution in [-0.4, -0.2) is 27.3 Å². The molecule has 1 amide bonds. The normalized spacial score (nSPS) is 26.4. The van der Waals surface area contributed by atoms with Gasteiger partial charge in [0.1, 0.15) is 11.7 Å². The number of benzene rings is 1. The van der Waals surface area contributed by atoms with Crippen LogP contribution in [-0.2, 0) is 4.79 Å². The van der Waals surface area contributed by atoms with Gasteiger partial charge in [-0.05, 0) is 38.2 Å². The molecule has 1 N–H and O–H groups in total. The van der Waals surface area contributed by atoms with Crippen LogP contribution in [0.1, 0.15) is 43.0 Å². The number of aryl methyl sites for hydroxylation is 1. The van der Waals surface area contributed by atoms with Crippen molar-refractivity contribution in [2.75, 3.05) is 0 Å². The van der Waals surface area contributed by atoms with E-state index in [1.807, 2.05) is 11.0 Å². The molecule has 21 heavy (non-hydrogen) atoms. The third-order valence-electron chi connectivity index (χ3n) is 4.77. The summed E-state index contributed by atoms with van der Waals surface area (Å²) in [7, 11) is 0. The van der Waals surface area contributed by atoms with Crippen LogP contribution in [0.15, 0.2) is 18.2 Å². The van der Waals surface area contributed by atoms with Gasteiger partial charge in [0.25, 0.3) is 5.69 Å². The summed E-state index contributed by atoms with van der Waals surface area (Å²) in [4.78, 5) is 25.3. The average molecular weight is 287 g/mol. The Kier molecular flexibility index (Phi) is 2.45. The second kappa shape index (κ2) is 4.04. The van der Waals surface area contributed by atoms with E-state index in [4.69, 9.17) is 0 Å². The van der Waals surface area contributed by atoms with Gasteiger partial charge < -0.3 is 4.90 Å². The van der Waals surface area contributed by atoms with Crippen molar-refractivity contribution in [1.82, 2.24) is 10.2 Å². The highest BCUT2D eigenvalue weighted by atomic mass is 16.6. The number of nitro benzene ring substituents is 1. The fourth-order valence-electron chi connectivity index (χ4n) is 3.21. The number of carbonyl (C=O) groups excluding carboxylic acids is 1. The van der Waals surface area contributed by atoms with Crippen LogP contribution < -0.4 is 5.32 Å². The first kappa shape index (κ1) is 12.8. The maximum atomic E-state index is 12.6. The zero-order valence-electron chi connectivity index (χ0n) is 11.8. The van der Waals surface area contributed by atoms with E-state index in [-0.39, 0.29) is 28.2 Å². The highest BCUT2D eigenvalue weighted by molar-refractivity contribution is 5.92. The van der Waals surface area contributed by atoms with Crippen molar-refractivity contribution >= 4 is 11.6 Å². The molecule has 1 heterocycles. The molecule has 3 aliphatic rings. The van der Waals surface area contributed by atoms with Crippen LogP contribution >= 0.6 is 0 Å². The van der Waals surface area contributed by atoms with Crippen LogP contribution in [0.4, 0.5) is 5.69 Å². The molecule has 1 aromatic rings. The van der Waals surface area contributed by atoms with Gasteiger partial charge in [-0.2, -0.15) is 0 Å². The van der Waals surface area contributed by atoms with Crippen LogP contribution in [0, 0.1) is 17.0 Å². The molecule has 1 spiro atoms. The first-order valence-corrected chi connectivity index (χ1v) is 7.37. The van der Waals surface area contributed by atoms with Gasteiger partial charge >= 0.3 is 0 Å². The van der Waals surface area contributed by atoms with Crippen LogP contribution in [0.2, 0.25) is 0 Å². The highest BCUT2D eigenvalue weighted by Gasteiger charge is 2.61. The number of rotatable bonds is 3. The van der Waals surface area contributed by atoms with Crippen molar-refractivity contribution in [1.29, 1.82) is 0 Å². The van der Waals surface area contributed by atoms with Crippen molar-refractivity contribution < 1.29 is 9.72 Å². The van der Waals surface area contributed by atoms with Gasteiger partial charge in [0.05, 0.1) is 4.92 Å². The Bertz CT molecular complexity index is 650. The van der Waals surface area contributed by atoms with Gasteiger partial charge in [0.2, 0.25) is 5.91 Å². The molecule has 6 heteroatoms. The summed E-state index contributed by atoms with van der Waals surface area (Å²) in [5.41, 5.74) is 1.20. The van der Waals surface area contributed by atoms with Crippen molar-refractivity contribution in [2.24, 2.45) is 0 Å². The molecule has 0 radical (unpaired) electrons. The fraction of sp³-hybridized carbons (Fsp3) is 0.533. The minimum Gasteiger partial charge on any atom is -0.318 e. The first-order valence-electron chi connectivity index (χ1n) is 7.37. The molecule has 1 unspecified atom stereocenters. The van der Waals surface area contributed by atoms with Crippen LogP contribution in [0.3, 0.4) is 0 Å². The number of amides is 1. The number of nitrogens with zero attached hydrogens (tertiary/aromatic N) is 2. The molecule has 1 aromatic carbocycles. The lowest BCUT2D eigenvalue weighted by atomic mass is 10.1. The summed E-state index contributed by atoms with van der Waals surface area (Å²) >= 11 is 0. The Labute approximate surface area is 122 Å². The Hall–Kier alpha value is -1.95. The van der Waals surface area contributed by atoms with Gasteiger partial charge in [-0.15, -0.1) is 0 Å². The van der Waals surface area contributed by atoms with Gasteiger partial charge in [-0.25, -0.2) is 0 Å². The minimum absolute atomic E-state index is 0.120. The number of hydrogen-bond acceptors (Lipinski definition) is 4. The molecule has 110 valence electrons. The van der Waals surface area contributed by atoms with Crippen molar-refractivity contribution in [3.63, 3.8) is 0 Å². The largest absolute Gasteiger partial charge is 0.318 e. The lowest BCUT2D eigenvalue weighted by Crippen LogP contribution is -2.33. The summed E-state index contributed by atoms with van der Waals surface area (Å²) < 4.78 is 0. The van der Waals surface area contributed by atoms with Gasteiger partial charge in [0.15, 0.2) is 0 Å². The second-order valence-corrected chi connectivity index (χ2v) is 6.38. The molecule has 1 atom stereocenters. The van der Waals surface area contributed by atoms with E-state index in [0.717, 1.165) is 31.2 Å². The van der Waals surface area contributed by atoms with Crippen molar-refractivity contribution in [2.45, 2.75) is 50.4 Å². The zero-order valence-corrected chi connectivity index (χ0v) is 11.8. The van der Waals surface area contributed by atoms with Gasteiger partial charge in [-0.1, -0.05) is 12.1 Å². The Balaban J connectivity index is 1.73. The zero-order chi connectivity index (χ0) is 14.8. The van der Waals surface area contributed by atoms with Gasteiger partial charge in [0, 0.05) is 17.7 Å². The highest BCUT2D eigenvalue weighted by Crippen LogP contribution is 2.49. The summed E-state index contributed by atoms with van der Waals surface area (Å²) in [6.45, 7) is 1.73. The molecule has 2 saturated carbocycles. The molecule has 3 fully saturated rings. The SMILES string of the molecule is Cc1ccc(C2NC3(CC3)C(=O)N2C2CC2)cc1[N+](=O)[O-]. The molecular formula is C15H17N3O3. The number of nitrogens with one attached hydrogen (secondary N) is 1. The van der Waals surface area contributed by atoms with E-state index < -0.39 is 0 Å². The summed E-state index contributed by atoms with van der Waals surface area (Å²) in [6, 6.07) is 5.57. The number of nitro groups is 1. The topological polar surface area (TPSA) is 75.5 Å². The monoisotopic (exact) mass is 287 g/mol. The summed E-state index contributed by atoms with van der Waals surface area (Å²) in [5, 5.41) is 14.5. The van der Waals surface area contributed by atoms with Gasteiger partial charge in [-0.3, -0.25) is 20.2 Å². The number of carbonyl (C=O) groups is 1. The van der Waals surface area contributed by atoms with Crippen LogP contribution in [0.5, 0.6) is 0 Å². The Morgan fingerprint density at radius 3 is 2.67 bits per heavy atom. The predicted molar refractivity (Wildman–Crippen MR) is 75.5 cm³/mol. The first-order chi connectivity index (χ1) is 10.0. The van der Waals surface area contributed by atoms with E-state index in [2.05, 4.69) is 5.32 Å². The second-order valence-electron chi connectivity index (χ2n) is 6.38. The maximum absolute atomic E-state index is 12.6. The molecule has 6 nitrogen and oxygen atoms in total. The maximum Gasteiger partial charge on any atom is 0.272 e. The molecule has 1 saturated heterocycles. The standard InChI is InChI=1S/C15H17N3O3/c1-9-2-3-10(8-12(9)18(20)21)13-16-15(6-7-15)14(19)17(13)11-4-5-11/h2-3,8,11,13,16H,4-7H2,1H3. The minimum atomic E-state index is -0.382. The van der Waals surface area contributed by atoms with Crippen molar-refractivity contribution in [3.05, 3.63) is 39.4 Å². The van der Waals surface area contributed by atoms with E-state index in [1.165, 1.54) is 0 Å². The Morgan fingerprint density at radius 2 is 2.10 bits per heavy atom. The van der Waals surface area contributed by atoms with Crippen molar-refractivity contribution in [3.8, 4) is 0 Å². The molecule has 2 aliphatic carbocycles. The smallest absolute Gasteiger partial charge is 0.272 e. The molecule has 4 rings (SSSR count). The molecule has 1 aliphatic heterocycles. The predicted octanol–water partition coefficient (Wildman–Crippen LogP) is 2.03. The fourth-order valence-corrected chi connectivity index (χ4v) is 3.21. The van der Waals surface area contributed by atoms with E-state index in [9.17, 15) is 14.9 Å². The summed E-state index contributed by atoms with van der Waals surface area (Å²) in [5.74, 6) is 0.179. The molecule has 0 bridgehead atoms. The summed E-state index contributed by atoms with van der Waals surface area (Å²) in [6.07, 6.45) is 3.60. The van der Waals surface area contributed by atoms with Crippen LogP contribution in [0.25, 0.3) is 0 Å². The quantitative estimate of drug-likeness (QED) is 0.681. The lowest BCUT2D eigenvalue weighted by Gasteiger charge is -2.24. The third-order valence-corrected chi connectivity index (χ3v) is 4.77. The van der Waals surface area contributed by atoms with E-state index in [1.54, 1.807) is 19.1 Å². The van der Waals surface area contributed by atoms with E-state index in [0.29, 0.717) is 11.6 Å². The molecular weight excluding hydrogens is 270 g/mol. The number of hydrogen-bond donors (Lipinski definition) is 1.